The smallest absolute Gasteiger partial charge is 0.356 e. The molecule has 0 aliphatic rings. The van der Waals surface area contributed by atoms with Crippen LogP contribution in [-0.4, -0.2) is 20.9 Å². The zero-order valence-electron chi connectivity index (χ0n) is 8.33. The number of carboxylic acid groups (broad SMARTS) is 1. The van der Waals surface area contributed by atoms with Gasteiger partial charge in [0, 0.05) is 18.8 Å². The van der Waals surface area contributed by atoms with Crippen molar-refractivity contribution in [1.29, 1.82) is 0 Å². The fraction of sp³-hybridized carbons (Fsp3) is 0.556. The Kier molecular flexibility index (Phi) is 2.15. The van der Waals surface area contributed by atoms with Crippen molar-refractivity contribution >= 4 is 5.97 Å². The van der Waals surface area contributed by atoms with Crippen LogP contribution in [0.4, 0.5) is 0 Å². The molecule has 0 unspecified atom stereocenters. The highest BCUT2D eigenvalue weighted by Gasteiger charge is 2.24. The van der Waals surface area contributed by atoms with E-state index in [4.69, 9.17) is 5.11 Å². The van der Waals surface area contributed by atoms with Crippen molar-refractivity contribution in [3.63, 3.8) is 0 Å². The largest absolute Gasteiger partial charge is 0.476 e. The summed E-state index contributed by atoms with van der Waals surface area (Å²) in [6, 6.07) is 0. The molecule has 0 fully saturated rings. The van der Waals surface area contributed by atoms with Gasteiger partial charge in [-0.2, -0.15) is 5.10 Å². The maximum Gasteiger partial charge on any atom is 0.356 e. The van der Waals surface area contributed by atoms with Gasteiger partial charge in [0.2, 0.25) is 0 Å². The van der Waals surface area contributed by atoms with Gasteiger partial charge in [0.25, 0.3) is 0 Å². The summed E-state index contributed by atoms with van der Waals surface area (Å²) in [6.45, 7) is 5.91. The molecular weight excluding hydrogens is 168 g/mol. The van der Waals surface area contributed by atoms with E-state index < -0.39 is 5.97 Å². The van der Waals surface area contributed by atoms with Gasteiger partial charge in [-0.25, -0.2) is 4.79 Å². The van der Waals surface area contributed by atoms with Crippen molar-refractivity contribution in [2.75, 3.05) is 0 Å². The number of nitrogens with zero attached hydrogens (tertiary/aromatic N) is 2. The summed E-state index contributed by atoms with van der Waals surface area (Å²) in [4.78, 5) is 10.8. The molecule has 72 valence electrons. The topological polar surface area (TPSA) is 55.1 Å². The number of aromatic nitrogens is 2. The van der Waals surface area contributed by atoms with Crippen molar-refractivity contribution in [3.05, 3.63) is 17.5 Å². The lowest BCUT2D eigenvalue weighted by Gasteiger charge is -2.16. The fourth-order valence-corrected chi connectivity index (χ4v) is 1.20. The lowest BCUT2D eigenvalue weighted by molar-refractivity contribution is 0.0687. The van der Waals surface area contributed by atoms with Crippen molar-refractivity contribution < 1.29 is 9.90 Å². The number of hydrogen-bond donors (Lipinski definition) is 1. The number of aryl methyl sites for hydroxylation is 1. The Hall–Kier alpha value is -1.32. The molecule has 1 aromatic heterocycles. The summed E-state index contributed by atoms with van der Waals surface area (Å²) in [5.41, 5.74) is 0.736. The Morgan fingerprint density at radius 1 is 1.54 bits per heavy atom. The Bertz CT molecular complexity index is 334. The first-order valence-corrected chi connectivity index (χ1v) is 4.10. The van der Waals surface area contributed by atoms with E-state index in [1.165, 1.54) is 4.68 Å². The molecule has 4 nitrogen and oxygen atoms in total. The van der Waals surface area contributed by atoms with Crippen LogP contribution in [0, 0.1) is 0 Å². The van der Waals surface area contributed by atoms with Crippen LogP contribution in [0.15, 0.2) is 6.20 Å². The first-order chi connectivity index (χ1) is 5.82. The SMILES string of the molecule is Cn1cc(C(C)(C)C)c(C(=O)O)n1. The van der Waals surface area contributed by atoms with Crippen LogP contribution < -0.4 is 0 Å². The van der Waals surface area contributed by atoms with Crippen LogP contribution in [0.25, 0.3) is 0 Å². The van der Waals surface area contributed by atoms with E-state index in [0.29, 0.717) is 0 Å². The summed E-state index contributed by atoms with van der Waals surface area (Å²) in [5, 5.41) is 12.8. The maximum atomic E-state index is 10.8. The van der Waals surface area contributed by atoms with Gasteiger partial charge in [-0.3, -0.25) is 4.68 Å². The van der Waals surface area contributed by atoms with Crippen LogP contribution in [0.5, 0.6) is 0 Å². The number of rotatable bonds is 1. The molecule has 0 aliphatic heterocycles. The van der Waals surface area contributed by atoms with Crippen LogP contribution in [-0.2, 0) is 12.5 Å². The van der Waals surface area contributed by atoms with Crippen molar-refractivity contribution in [3.8, 4) is 0 Å². The highest BCUT2D eigenvalue weighted by atomic mass is 16.4. The Labute approximate surface area is 77.2 Å². The second-order valence-electron chi connectivity index (χ2n) is 4.12. The summed E-state index contributed by atoms with van der Waals surface area (Å²) in [7, 11) is 1.72. The lowest BCUT2D eigenvalue weighted by atomic mass is 9.87. The average molecular weight is 182 g/mol. The molecule has 0 bridgehead atoms. The minimum absolute atomic E-state index is 0.148. The minimum atomic E-state index is -0.967. The monoisotopic (exact) mass is 182 g/mol. The molecule has 13 heavy (non-hydrogen) atoms. The molecule has 0 spiro atoms. The van der Waals surface area contributed by atoms with Crippen LogP contribution in [0.2, 0.25) is 0 Å². The van der Waals surface area contributed by atoms with Crippen LogP contribution >= 0.6 is 0 Å². The Morgan fingerprint density at radius 3 is 2.38 bits per heavy atom. The van der Waals surface area contributed by atoms with Gasteiger partial charge in [-0.15, -0.1) is 0 Å². The molecule has 0 amide bonds. The Morgan fingerprint density at radius 2 is 2.08 bits per heavy atom. The van der Waals surface area contributed by atoms with E-state index in [1.54, 1.807) is 13.2 Å². The first kappa shape index (κ1) is 9.77. The second-order valence-corrected chi connectivity index (χ2v) is 4.12. The highest BCUT2D eigenvalue weighted by Crippen LogP contribution is 2.24. The van der Waals surface area contributed by atoms with Crippen LogP contribution in [0.1, 0.15) is 36.8 Å². The van der Waals surface area contributed by atoms with E-state index in [1.807, 2.05) is 20.8 Å². The molecule has 0 saturated heterocycles. The standard InChI is InChI=1S/C9H14N2O2/c1-9(2,3)6-5-11(4)10-7(6)8(12)13/h5H,1-4H3,(H,12,13). The third kappa shape index (κ3) is 1.88. The molecule has 1 rings (SSSR count). The maximum absolute atomic E-state index is 10.8. The van der Waals surface area contributed by atoms with E-state index >= 15 is 0 Å². The summed E-state index contributed by atoms with van der Waals surface area (Å²) in [5.74, 6) is -0.967. The molecule has 1 heterocycles. The molecule has 0 saturated carbocycles. The van der Waals surface area contributed by atoms with Crippen molar-refractivity contribution in [2.45, 2.75) is 26.2 Å². The van der Waals surface area contributed by atoms with Gasteiger partial charge in [0.15, 0.2) is 5.69 Å². The normalized spacial score (nSPS) is 11.7. The van der Waals surface area contributed by atoms with Gasteiger partial charge in [0.05, 0.1) is 0 Å². The summed E-state index contributed by atoms with van der Waals surface area (Å²) in [6.07, 6.45) is 1.75. The number of aromatic carboxylic acids is 1. The molecule has 1 N–H and O–H groups in total. The number of carbonyl (C=O) groups is 1. The lowest BCUT2D eigenvalue weighted by Crippen LogP contribution is -2.15. The third-order valence-electron chi connectivity index (χ3n) is 1.84. The van der Waals surface area contributed by atoms with Crippen molar-refractivity contribution in [1.82, 2.24) is 9.78 Å². The second kappa shape index (κ2) is 2.87. The predicted molar refractivity (Wildman–Crippen MR) is 48.9 cm³/mol. The van der Waals surface area contributed by atoms with E-state index in [-0.39, 0.29) is 11.1 Å². The molecule has 0 aromatic carbocycles. The van der Waals surface area contributed by atoms with Gasteiger partial charge >= 0.3 is 5.97 Å². The first-order valence-electron chi connectivity index (χ1n) is 4.10. The van der Waals surface area contributed by atoms with Crippen molar-refractivity contribution in [2.24, 2.45) is 7.05 Å². The average Bonchev–Trinajstić information content (AvgIpc) is 2.29. The van der Waals surface area contributed by atoms with E-state index in [0.717, 1.165) is 5.56 Å². The Balaban J connectivity index is 3.28. The highest BCUT2D eigenvalue weighted by molar-refractivity contribution is 5.87. The summed E-state index contributed by atoms with van der Waals surface area (Å²) >= 11 is 0. The van der Waals surface area contributed by atoms with Gasteiger partial charge in [-0.1, -0.05) is 20.8 Å². The van der Waals surface area contributed by atoms with Crippen LogP contribution in [0.3, 0.4) is 0 Å². The molecule has 1 aromatic rings. The van der Waals surface area contributed by atoms with Gasteiger partial charge in [-0.05, 0) is 5.41 Å². The van der Waals surface area contributed by atoms with Gasteiger partial charge < -0.3 is 5.11 Å². The molecule has 4 heteroatoms. The van der Waals surface area contributed by atoms with Gasteiger partial charge in [0.1, 0.15) is 0 Å². The molecule has 0 atom stereocenters. The molecule has 0 aliphatic carbocycles. The van der Waals surface area contributed by atoms with E-state index in [9.17, 15) is 4.79 Å². The number of hydrogen-bond acceptors (Lipinski definition) is 2. The predicted octanol–water partition coefficient (Wildman–Crippen LogP) is 1.42. The van der Waals surface area contributed by atoms with E-state index in [2.05, 4.69) is 5.10 Å². The minimum Gasteiger partial charge on any atom is -0.476 e. The third-order valence-corrected chi connectivity index (χ3v) is 1.84. The number of carboxylic acids is 1. The molecular formula is C9H14N2O2. The summed E-state index contributed by atoms with van der Waals surface area (Å²) < 4.78 is 1.53. The quantitative estimate of drug-likeness (QED) is 0.714. The fourth-order valence-electron chi connectivity index (χ4n) is 1.20. The molecule has 0 radical (unpaired) electrons. The zero-order valence-corrected chi connectivity index (χ0v) is 8.33. The zero-order chi connectivity index (χ0) is 10.2.